The summed E-state index contributed by atoms with van der Waals surface area (Å²) in [6.07, 6.45) is 0. The van der Waals surface area contributed by atoms with E-state index < -0.39 is 0 Å². The summed E-state index contributed by atoms with van der Waals surface area (Å²) < 4.78 is 34.0. The molecule has 0 heterocycles. The van der Waals surface area contributed by atoms with Crippen LogP contribution < -0.4 is 19.6 Å². The predicted molar refractivity (Wildman–Crippen MR) is 621 cm³/mol. The molecule has 0 aliphatic carbocycles. The van der Waals surface area contributed by atoms with Gasteiger partial charge in [0.25, 0.3) is 0 Å². The molecule has 0 radical (unpaired) electrons. The smallest absolute Gasteiger partial charge is 0.189 e. The normalized spacial score (nSPS) is 11.4. The molecular formula is C140H104F2N6. The molecule has 0 N–H and O–H groups in total. The van der Waals surface area contributed by atoms with Crippen molar-refractivity contribution in [3.8, 4) is 95.1 Å². The Morgan fingerprint density at radius 2 is 0.432 bits per heavy atom. The Balaban J connectivity index is 0.000000163. The second kappa shape index (κ2) is 38.9. The highest BCUT2D eigenvalue weighted by Crippen LogP contribution is 2.55. The maximum Gasteiger partial charge on any atom is 0.189 e. The van der Waals surface area contributed by atoms with E-state index in [2.05, 4.69) is 462 Å². The van der Waals surface area contributed by atoms with E-state index in [9.17, 15) is 5.26 Å². The molecule has 6 nitrogen and oxygen atoms in total. The molecule has 24 rings (SSSR count). The fourth-order valence-electron chi connectivity index (χ4n) is 22.6. The van der Waals surface area contributed by atoms with Crippen LogP contribution in [0.25, 0.3) is 158 Å². The van der Waals surface area contributed by atoms with Gasteiger partial charge in [-0.25, -0.2) is 13.6 Å². The highest BCUT2D eigenvalue weighted by Gasteiger charge is 2.31. The van der Waals surface area contributed by atoms with Crippen LogP contribution in [0.2, 0.25) is 0 Å². The van der Waals surface area contributed by atoms with Gasteiger partial charge >= 0.3 is 0 Å². The fraction of sp³-hybridized carbons (Fsp3) is 0.0714. The number of nitriles is 1. The Hall–Kier alpha value is -18.6. The van der Waals surface area contributed by atoms with E-state index in [1.54, 1.807) is 24.3 Å². The summed E-state index contributed by atoms with van der Waals surface area (Å²) >= 11 is 0. The number of rotatable bonds is 20. The summed E-state index contributed by atoms with van der Waals surface area (Å²) in [5, 5.41) is 23.2. The number of hydrogen-bond acceptors (Lipinski definition) is 5. The van der Waals surface area contributed by atoms with Crippen molar-refractivity contribution in [1.82, 2.24) is 0 Å². The largest absolute Gasteiger partial charge is 0.311 e. The van der Waals surface area contributed by atoms with Gasteiger partial charge < -0.3 is 19.6 Å². The number of nitrogens with zero attached hydrogens (tertiary/aromatic N) is 6. The first-order valence-electron chi connectivity index (χ1n) is 50.4. The SMILES string of the molecule is Cc1ccccc1-c1cc(-c2ccccc2C)cc(N(c2c(C)cccc2F)c2ccc3ccc4c(N(c5cc(-c6ccccc6C)cc(-c6ccccc6C)c5)c5c(C)cccc5F)ccc5ccc2c3c54)c1.[C-]#[N+]c1cccc(N(c2cc(-c3ccccc3C)cc(-c3ccccc3C)c2)c2ccc3ccc4c(N(c5cccc(C#N)c5)c5cc(-c6ccccc6C)cc(-c6ccccc6C)c5)ccc5ccc2c3c54)c1. The van der Waals surface area contributed by atoms with Crippen LogP contribution in [0, 0.1) is 98.8 Å². The molecule has 24 aromatic rings. The van der Waals surface area contributed by atoms with Gasteiger partial charge in [-0.05, 0) is 397 Å². The van der Waals surface area contributed by atoms with Crippen LogP contribution in [0.5, 0.6) is 0 Å². The predicted octanol–water partition coefficient (Wildman–Crippen LogP) is 40.2. The molecule has 0 spiro atoms. The van der Waals surface area contributed by atoms with Gasteiger partial charge in [0, 0.05) is 55.7 Å². The standard InChI is InChI=1S/C70H54F2N2.C70H50N4/c1-43-17-7-11-23-57(43)51-37-52(58-24-12-8-18-44(58)2)40-55(39-51)73(69-47(5)21-15-27-63(69)71)65-35-31-49-30-34-62-66(36-32-50-29-33-61(65)67(49)68(50)62)74(70-48(6)22-16-28-64(70)72)56-41-53(59-25-13-9-19-45(59)3)38-54(42-56)60-26-14-10-20-46(60)4;1-45-16-6-10-24-61(45)52-37-53(62-25-11-7-17-46(62)2)40-59(39-52)73(57-22-14-20-49(36-57)44-71)67-34-30-50-29-33-66-68(35-31-51-28-32-65(67)69(50)70(51)66)74(58-23-15-21-56(43-58)72-5)60-41-54(63-26-12-8-18-47(63)3)38-55(42-60)64-27-13-9-19-48(64)4/h7-42H,1-6H3;6-43H,1-4H3. The Labute approximate surface area is 863 Å². The van der Waals surface area contributed by atoms with E-state index in [0.29, 0.717) is 22.6 Å². The second-order valence-electron chi connectivity index (χ2n) is 39.2. The molecular weight excluding hydrogens is 1800 g/mol. The van der Waals surface area contributed by atoms with Gasteiger partial charge in [-0.15, -0.1) is 0 Å². The third-order valence-corrected chi connectivity index (χ3v) is 29.8. The van der Waals surface area contributed by atoms with Crippen LogP contribution in [0.4, 0.5) is 82.7 Å². The lowest BCUT2D eigenvalue weighted by Gasteiger charge is -2.31. The molecule has 0 aliphatic rings. The van der Waals surface area contributed by atoms with Crippen molar-refractivity contribution in [3.05, 3.63) is 533 Å². The Bertz CT molecular complexity index is 8640. The van der Waals surface area contributed by atoms with E-state index in [4.69, 9.17) is 6.57 Å². The van der Waals surface area contributed by atoms with Gasteiger partial charge in [-0.3, -0.25) is 0 Å². The molecule has 0 aromatic heterocycles. The number of anilines is 12. The Kier molecular flexibility index (Phi) is 24.5. The molecule has 0 saturated carbocycles. The lowest BCUT2D eigenvalue weighted by atomic mass is 9.90. The van der Waals surface area contributed by atoms with Crippen LogP contribution in [0.1, 0.15) is 61.2 Å². The van der Waals surface area contributed by atoms with Crippen molar-refractivity contribution < 1.29 is 8.78 Å². The van der Waals surface area contributed by atoms with Crippen LogP contribution >= 0.6 is 0 Å². The van der Waals surface area contributed by atoms with E-state index in [1.807, 2.05) is 62.4 Å². The van der Waals surface area contributed by atoms with Gasteiger partial charge in [0.1, 0.15) is 11.6 Å². The third kappa shape index (κ3) is 17.1. The summed E-state index contributed by atoms with van der Waals surface area (Å²) in [6.45, 7) is 29.3. The molecule has 148 heavy (non-hydrogen) atoms. The van der Waals surface area contributed by atoms with E-state index in [-0.39, 0.29) is 11.6 Å². The van der Waals surface area contributed by atoms with Crippen molar-refractivity contribution in [2.75, 3.05) is 19.6 Å². The number of aryl methyl sites for hydroxylation is 10. The lowest BCUT2D eigenvalue weighted by molar-refractivity contribution is 0.627. The first kappa shape index (κ1) is 93.1. The van der Waals surface area contributed by atoms with Crippen molar-refractivity contribution in [3.63, 3.8) is 0 Å². The lowest BCUT2D eigenvalue weighted by Crippen LogP contribution is -2.15. The Morgan fingerprint density at radius 3 is 0.682 bits per heavy atom. The van der Waals surface area contributed by atoms with Crippen molar-refractivity contribution >= 4 is 139 Å². The highest BCUT2D eigenvalue weighted by atomic mass is 19.1. The number of benzene rings is 24. The zero-order chi connectivity index (χ0) is 101. The van der Waals surface area contributed by atoms with E-state index in [0.717, 1.165) is 222 Å². The molecule has 0 saturated heterocycles. The summed E-state index contributed by atoms with van der Waals surface area (Å²) in [7, 11) is 0. The molecule has 8 heteroatoms. The maximum absolute atomic E-state index is 17.0. The van der Waals surface area contributed by atoms with E-state index in [1.165, 1.54) is 44.5 Å². The summed E-state index contributed by atoms with van der Waals surface area (Å²) in [6, 6.07) is 160. The zero-order valence-electron chi connectivity index (χ0n) is 84.2. The molecule has 708 valence electrons. The summed E-state index contributed by atoms with van der Waals surface area (Å²) in [4.78, 5) is 12.9. The Morgan fingerprint density at radius 1 is 0.209 bits per heavy atom. The minimum Gasteiger partial charge on any atom is -0.311 e. The average Bonchev–Trinajstić information content (AvgIpc) is 0.717. The first-order valence-corrected chi connectivity index (χ1v) is 50.4. The zero-order valence-corrected chi connectivity index (χ0v) is 84.2. The monoisotopic (exact) mass is 1910 g/mol. The van der Waals surface area contributed by atoms with Crippen molar-refractivity contribution in [2.24, 2.45) is 0 Å². The summed E-state index contributed by atoms with van der Waals surface area (Å²) in [5.41, 5.74) is 40.0. The topological polar surface area (TPSA) is 41.1 Å². The van der Waals surface area contributed by atoms with Crippen molar-refractivity contribution in [1.29, 1.82) is 5.26 Å². The van der Waals surface area contributed by atoms with Gasteiger partial charge in [0.05, 0.1) is 52.3 Å². The molecule has 0 unspecified atom stereocenters. The van der Waals surface area contributed by atoms with Gasteiger partial charge in [-0.1, -0.05) is 309 Å². The van der Waals surface area contributed by atoms with E-state index >= 15 is 8.78 Å². The van der Waals surface area contributed by atoms with Crippen molar-refractivity contribution in [2.45, 2.75) is 69.2 Å². The minimum absolute atomic E-state index is 0.314. The fourth-order valence-corrected chi connectivity index (χ4v) is 22.6. The van der Waals surface area contributed by atoms with Crippen LogP contribution in [0.3, 0.4) is 0 Å². The number of hydrogen-bond donors (Lipinski definition) is 0. The molecule has 0 bridgehead atoms. The molecule has 0 amide bonds. The third-order valence-electron chi connectivity index (χ3n) is 29.8. The van der Waals surface area contributed by atoms with Crippen LogP contribution in [0.15, 0.2) is 449 Å². The van der Waals surface area contributed by atoms with Gasteiger partial charge in [-0.2, -0.15) is 5.26 Å². The summed E-state index contributed by atoms with van der Waals surface area (Å²) in [5.74, 6) is -0.629. The maximum atomic E-state index is 17.0. The molecule has 0 aliphatic heterocycles. The highest BCUT2D eigenvalue weighted by molar-refractivity contribution is 6.30. The van der Waals surface area contributed by atoms with Crippen LogP contribution in [-0.4, -0.2) is 0 Å². The second-order valence-corrected chi connectivity index (χ2v) is 39.2. The number of para-hydroxylation sites is 2. The minimum atomic E-state index is -0.314. The quantitative estimate of drug-likeness (QED) is 0.0562. The van der Waals surface area contributed by atoms with Crippen LogP contribution in [-0.2, 0) is 0 Å². The number of halogens is 2. The molecule has 0 atom stereocenters. The van der Waals surface area contributed by atoms with Gasteiger partial charge in [0.2, 0.25) is 0 Å². The molecule has 24 aromatic carbocycles. The van der Waals surface area contributed by atoms with Gasteiger partial charge in [0.15, 0.2) is 5.69 Å². The average molecular weight is 1910 g/mol. The molecule has 0 fully saturated rings. The first-order chi connectivity index (χ1) is 72.3.